The summed E-state index contributed by atoms with van der Waals surface area (Å²) < 4.78 is 5.51. The number of nitriles is 1. The Kier molecular flexibility index (Phi) is 6.86. The fourth-order valence-corrected chi connectivity index (χ4v) is 2.94. The largest absolute Gasteiger partial charge is 0.476 e. The van der Waals surface area contributed by atoms with Crippen LogP contribution in [-0.2, 0) is 4.79 Å². The monoisotopic (exact) mass is 322 g/mol. The molecule has 2 unspecified atom stereocenters. The maximum Gasteiger partial charge on any atom is 0.355 e. The van der Waals surface area contributed by atoms with Crippen LogP contribution in [0.2, 0.25) is 0 Å². The molecule has 0 saturated carbocycles. The number of aromatic carboxylic acids is 1. The number of hydrogen-bond acceptors (Lipinski definition) is 6. The van der Waals surface area contributed by atoms with Crippen LogP contribution in [0.25, 0.3) is 0 Å². The minimum Gasteiger partial charge on any atom is -0.476 e. The molecule has 1 aromatic rings. The van der Waals surface area contributed by atoms with Gasteiger partial charge in [-0.05, 0) is 19.1 Å². The summed E-state index contributed by atoms with van der Waals surface area (Å²) in [5.74, 6) is -0.746. The SMILES string of the molecule is CCSc1c(C(=O)O)ncc(OC(C)C#N)c1C(C=O)CC. The van der Waals surface area contributed by atoms with E-state index in [4.69, 9.17) is 10.00 Å². The predicted octanol–water partition coefficient (Wildman–Crippen LogP) is 2.88. The van der Waals surface area contributed by atoms with Gasteiger partial charge in [-0.2, -0.15) is 5.26 Å². The van der Waals surface area contributed by atoms with Crippen LogP contribution in [0, 0.1) is 11.3 Å². The van der Waals surface area contributed by atoms with Crippen molar-refractivity contribution < 1.29 is 19.4 Å². The number of aldehydes is 1. The first kappa shape index (κ1) is 18.0. The third-order valence-corrected chi connectivity index (χ3v) is 3.98. The Balaban J connectivity index is 3.57. The summed E-state index contributed by atoms with van der Waals surface area (Å²) in [6.45, 7) is 5.29. The quantitative estimate of drug-likeness (QED) is 0.580. The van der Waals surface area contributed by atoms with Gasteiger partial charge in [0.1, 0.15) is 18.1 Å². The molecule has 0 aliphatic rings. The van der Waals surface area contributed by atoms with Gasteiger partial charge >= 0.3 is 5.97 Å². The lowest BCUT2D eigenvalue weighted by Gasteiger charge is -2.20. The summed E-state index contributed by atoms with van der Waals surface area (Å²) in [4.78, 5) is 27.1. The van der Waals surface area contributed by atoms with Crippen LogP contribution < -0.4 is 4.74 Å². The van der Waals surface area contributed by atoms with E-state index < -0.39 is 18.0 Å². The topological polar surface area (TPSA) is 100 Å². The molecule has 0 aliphatic heterocycles. The van der Waals surface area contributed by atoms with Gasteiger partial charge in [0.05, 0.1) is 6.20 Å². The second kappa shape index (κ2) is 8.39. The van der Waals surface area contributed by atoms with E-state index in [1.807, 2.05) is 19.9 Å². The van der Waals surface area contributed by atoms with Crippen molar-refractivity contribution in [3.8, 4) is 11.8 Å². The molecule has 0 bridgehead atoms. The number of nitrogens with zero attached hydrogens (tertiary/aromatic N) is 2. The first-order valence-electron chi connectivity index (χ1n) is 6.90. The third kappa shape index (κ3) is 3.98. The highest BCUT2D eigenvalue weighted by Gasteiger charge is 2.26. The van der Waals surface area contributed by atoms with Crippen molar-refractivity contribution in [2.75, 3.05) is 5.75 Å². The lowest BCUT2D eigenvalue weighted by molar-refractivity contribution is -0.109. The molecule has 7 heteroatoms. The fraction of sp³-hybridized carbons (Fsp3) is 0.467. The van der Waals surface area contributed by atoms with Crippen molar-refractivity contribution in [3.63, 3.8) is 0 Å². The Morgan fingerprint density at radius 1 is 1.59 bits per heavy atom. The van der Waals surface area contributed by atoms with Crippen molar-refractivity contribution in [3.05, 3.63) is 17.5 Å². The van der Waals surface area contributed by atoms with E-state index in [1.54, 1.807) is 6.92 Å². The number of thioether (sulfide) groups is 1. The summed E-state index contributed by atoms with van der Waals surface area (Å²) in [7, 11) is 0. The Morgan fingerprint density at radius 2 is 2.27 bits per heavy atom. The smallest absolute Gasteiger partial charge is 0.355 e. The first-order chi connectivity index (χ1) is 10.5. The van der Waals surface area contributed by atoms with Crippen molar-refractivity contribution in [2.24, 2.45) is 0 Å². The molecule has 2 atom stereocenters. The molecular weight excluding hydrogens is 304 g/mol. The van der Waals surface area contributed by atoms with E-state index in [0.717, 1.165) is 6.29 Å². The van der Waals surface area contributed by atoms with Gasteiger partial charge in [0, 0.05) is 16.4 Å². The van der Waals surface area contributed by atoms with E-state index in [0.29, 0.717) is 22.6 Å². The van der Waals surface area contributed by atoms with Crippen LogP contribution in [-0.4, -0.2) is 34.2 Å². The Morgan fingerprint density at radius 3 is 2.73 bits per heavy atom. The second-order valence-corrected chi connectivity index (χ2v) is 5.77. The molecule has 118 valence electrons. The Hall–Kier alpha value is -2.07. The van der Waals surface area contributed by atoms with Gasteiger partial charge in [0.25, 0.3) is 0 Å². The molecule has 1 heterocycles. The highest BCUT2D eigenvalue weighted by atomic mass is 32.2. The highest BCUT2D eigenvalue weighted by Crippen LogP contribution is 2.38. The van der Waals surface area contributed by atoms with Gasteiger partial charge in [-0.3, -0.25) is 0 Å². The number of pyridine rings is 1. The summed E-state index contributed by atoms with van der Waals surface area (Å²) in [5.41, 5.74) is 0.401. The molecule has 0 aromatic carbocycles. The van der Waals surface area contributed by atoms with Crippen molar-refractivity contribution in [2.45, 2.75) is 44.1 Å². The van der Waals surface area contributed by atoms with Crippen LogP contribution in [0.15, 0.2) is 11.1 Å². The van der Waals surface area contributed by atoms with Crippen LogP contribution in [0.3, 0.4) is 0 Å². The molecule has 1 rings (SSSR count). The van der Waals surface area contributed by atoms with E-state index in [-0.39, 0.29) is 11.4 Å². The number of hydrogen-bond donors (Lipinski definition) is 1. The number of aromatic nitrogens is 1. The number of carbonyl (C=O) groups is 2. The molecule has 1 aromatic heterocycles. The number of carboxylic acids is 1. The molecule has 0 saturated heterocycles. The molecule has 0 fully saturated rings. The molecule has 0 amide bonds. The van der Waals surface area contributed by atoms with Gasteiger partial charge in [-0.25, -0.2) is 9.78 Å². The van der Waals surface area contributed by atoms with E-state index in [9.17, 15) is 14.7 Å². The zero-order valence-corrected chi connectivity index (χ0v) is 13.5. The number of carbonyl (C=O) groups excluding carboxylic acids is 1. The second-order valence-electron chi connectivity index (χ2n) is 4.49. The van der Waals surface area contributed by atoms with Crippen LogP contribution in [0.1, 0.15) is 49.2 Å². The summed E-state index contributed by atoms with van der Waals surface area (Å²) >= 11 is 1.30. The van der Waals surface area contributed by atoms with Gasteiger partial charge in [0.15, 0.2) is 11.8 Å². The Bertz CT molecular complexity index is 598. The van der Waals surface area contributed by atoms with Crippen molar-refractivity contribution >= 4 is 24.0 Å². The number of carboxylic acid groups (broad SMARTS) is 1. The average molecular weight is 322 g/mol. The van der Waals surface area contributed by atoms with E-state index in [2.05, 4.69) is 4.98 Å². The maximum absolute atomic E-state index is 11.4. The average Bonchev–Trinajstić information content (AvgIpc) is 2.50. The molecule has 6 nitrogen and oxygen atoms in total. The zero-order valence-electron chi connectivity index (χ0n) is 12.7. The summed E-state index contributed by atoms with van der Waals surface area (Å²) in [5, 5.41) is 18.2. The van der Waals surface area contributed by atoms with Crippen molar-refractivity contribution in [1.29, 1.82) is 5.26 Å². The minimum atomic E-state index is -1.15. The zero-order chi connectivity index (χ0) is 16.7. The predicted molar refractivity (Wildman–Crippen MR) is 82.4 cm³/mol. The van der Waals surface area contributed by atoms with Gasteiger partial charge in [0.2, 0.25) is 0 Å². The molecule has 0 spiro atoms. The molecule has 0 aliphatic carbocycles. The molecule has 0 radical (unpaired) electrons. The maximum atomic E-state index is 11.4. The minimum absolute atomic E-state index is 0.0980. The van der Waals surface area contributed by atoms with E-state index >= 15 is 0 Å². The lowest BCUT2D eigenvalue weighted by atomic mass is 9.97. The first-order valence-corrected chi connectivity index (χ1v) is 7.89. The normalized spacial score (nSPS) is 13.0. The number of ether oxygens (including phenoxy) is 1. The van der Waals surface area contributed by atoms with Gasteiger partial charge in [-0.1, -0.05) is 13.8 Å². The highest BCUT2D eigenvalue weighted by molar-refractivity contribution is 7.99. The van der Waals surface area contributed by atoms with Crippen LogP contribution in [0.4, 0.5) is 0 Å². The third-order valence-electron chi connectivity index (χ3n) is 2.99. The van der Waals surface area contributed by atoms with Crippen molar-refractivity contribution in [1.82, 2.24) is 4.98 Å². The van der Waals surface area contributed by atoms with E-state index in [1.165, 1.54) is 18.0 Å². The van der Waals surface area contributed by atoms with Gasteiger partial charge in [-0.15, -0.1) is 11.8 Å². The lowest BCUT2D eigenvalue weighted by Crippen LogP contribution is -2.15. The molecular formula is C15H18N2O4S. The number of rotatable bonds is 8. The van der Waals surface area contributed by atoms with Crippen LogP contribution in [0.5, 0.6) is 5.75 Å². The standard InChI is InChI=1S/C15H18N2O4S/c1-4-10(8-18)12-11(21-9(3)6-16)7-17-13(15(19)20)14(12)22-5-2/h7-10H,4-5H2,1-3H3,(H,19,20). The summed E-state index contributed by atoms with van der Waals surface area (Å²) in [6.07, 6.45) is 1.82. The molecule has 22 heavy (non-hydrogen) atoms. The fourth-order valence-electron chi connectivity index (χ4n) is 1.96. The van der Waals surface area contributed by atoms with Crippen LogP contribution >= 0.6 is 11.8 Å². The van der Waals surface area contributed by atoms with Gasteiger partial charge < -0.3 is 14.6 Å². The molecule has 1 N–H and O–H groups in total. The summed E-state index contributed by atoms with van der Waals surface area (Å²) in [6, 6.07) is 1.94. The Labute approximate surface area is 133 Å².